The van der Waals surface area contributed by atoms with Gasteiger partial charge in [-0.2, -0.15) is 0 Å². The molecule has 0 radical (unpaired) electrons. The minimum atomic E-state index is -0.000749. The number of hydrogen-bond acceptors (Lipinski definition) is 2. The third-order valence-electron chi connectivity index (χ3n) is 4.55. The average Bonchev–Trinajstić information content (AvgIpc) is 2.87. The second-order valence-electron chi connectivity index (χ2n) is 5.78. The molecule has 3 nitrogen and oxygen atoms in total. The van der Waals surface area contributed by atoms with Gasteiger partial charge in [-0.3, -0.25) is 4.79 Å². The summed E-state index contributed by atoms with van der Waals surface area (Å²) in [5.74, 6) is 1.06. The first-order chi connectivity index (χ1) is 8.24. The van der Waals surface area contributed by atoms with Crippen LogP contribution in [0.1, 0.15) is 51.9 Å². The second kappa shape index (κ2) is 7.34. The molecule has 2 unspecified atom stereocenters. The molecular weight excluding hydrogens is 248 g/mol. The molecule has 18 heavy (non-hydrogen) atoms. The number of carbonyl (C=O) groups is 1. The van der Waals surface area contributed by atoms with Gasteiger partial charge in [-0.1, -0.05) is 26.2 Å². The SMILES string of the molecule is CC(CN)C(=O)N1CCCC1C1CCCCC1.Cl. The summed E-state index contributed by atoms with van der Waals surface area (Å²) < 4.78 is 0. The highest BCUT2D eigenvalue weighted by atomic mass is 35.5. The van der Waals surface area contributed by atoms with Crippen molar-refractivity contribution in [3.8, 4) is 0 Å². The van der Waals surface area contributed by atoms with Crippen molar-refractivity contribution < 1.29 is 4.79 Å². The number of nitrogens with two attached hydrogens (primary N) is 1. The first-order valence-corrected chi connectivity index (χ1v) is 7.24. The molecule has 2 rings (SSSR count). The van der Waals surface area contributed by atoms with Gasteiger partial charge in [0, 0.05) is 25.0 Å². The molecule has 2 aliphatic rings. The van der Waals surface area contributed by atoms with E-state index in [0.29, 0.717) is 18.5 Å². The topological polar surface area (TPSA) is 46.3 Å². The fraction of sp³-hybridized carbons (Fsp3) is 0.929. The van der Waals surface area contributed by atoms with Gasteiger partial charge in [-0.15, -0.1) is 12.4 Å². The van der Waals surface area contributed by atoms with Gasteiger partial charge in [-0.25, -0.2) is 0 Å². The van der Waals surface area contributed by atoms with Crippen molar-refractivity contribution in [1.82, 2.24) is 4.90 Å². The summed E-state index contributed by atoms with van der Waals surface area (Å²) in [5, 5.41) is 0. The quantitative estimate of drug-likeness (QED) is 0.860. The Labute approximate surface area is 117 Å². The number of amides is 1. The molecule has 1 heterocycles. The van der Waals surface area contributed by atoms with E-state index in [1.165, 1.54) is 44.9 Å². The lowest BCUT2D eigenvalue weighted by atomic mass is 9.82. The van der Waals surface area contributed by atoms with E-state index in [2.05, 4.69) is 4.90 Å². The molecule has 106 valence electrons. The minimum Gasteiger partial charge on any atom is -0.339 e. The molecule has 2 atom stereocenters. The van der Waals surface area contributed by atoms with Crippen molar-refractivity contribution >= 4 is 18.3 Å². The molecule has 0 spiro atoms. The maximum Gasteiger partial charge on any atom is 0.226 e. The molecule has 2 fully saturated rings. The third kappa shape index (κ3) is 3.39. The van der Waals surface area contributed by atoms with E-state index in [0.717, 1.165) is 12.5 Å². The third-order valence-corrected chi connectivity index (χ3v) is 4.55. The Hall–Kier alpha value is -0.280. The van der Waals surface area contributed by atoms with Gasteiger partial charge in [0.15, 0.2) is 0 Å². The van der Waals surface area contributed by atoms with Crippen molar-refractivity contribution in [2.45, 2.75) is 57.9 Å². The van der Waals surface area contributed by atoms with Gasteiger partial charge < -0.3 is 10.6 Å². The van der Waals surface area contributed by atoms with Crippen LogP contribution in [-0.2, 0) is 4.79 Å². The lowest BCUT2D eigenvalue weighted by Gasteiger charge is -2.35. The van der Waals surface area contributed by atoms with E-state index in [1.54, 1.807) is 0 Å². The van der Waals surface area contributed by atoms with E-state index < -0.39 is 0 Å². The molecule has 1 aliphatic carbocycles. The number of nitrogens with zero attached hydrogens (tertiary/aromatic N) is 1. The van der Waals surface area contributed by atoms with E-state index in [4.69, 9.17) is 5.73 Å². The standard InChI is InChI=1S/C14H26N2O.ClH/c1-11(10-15)14(17)16-9-5-8-13(16)12-6-3-2-4-7-12;/h11-13H,2-10,15H2,1H3;1H. The summed E-state index contributed by atoms with van der Waals surface area (Å²) in [6.45, 7) is 3.40. The molecule has 0 aromatic heterocycles. The average molecular weight is 275 g/mol. The van der Waals surface area contributed by atoms with Gasteiger partial charge >= 0.3 is 0 Å². The van der Waals surface area contributed by atoms with Crippen LogP contribution in [0.15, 0.2) is 0 Å². The van der Waals surface area contributed by atoms with Gasteiger partial charge in [0.05, 0.1) is 0 Å². The molecule has 1 amide bonds. The maximum absolute atomic E-state index is 12.3. The highest BCUT2D eigenvalue weighted by molar-refractivity contribution is 5.85. The predicted molar refractivity (Wildman–Crippen MR) is 76.8 cm³/mol. The highest BCUT2D eigenvalue weighted by Crippen LogP contribution is 2.34. The molecule has 1 saturated carbocycles. The second-order valence-corrected chi connectivity index (χ2v) is 5.78. The van der Waals surface area contributed by atoms with Crippen LogP contribution in [0.5, 0.6) is 0 Å². The lowest BCUT2D eigenvalue weighted by Crippen LogP contribution is -2.44. The van der Waals surface area contributed by atoms with E-state index in [-0.39, 0.29) is 18.3 Å². The van der Waals surface area contributed by atoms with Gasteiger partial charge in [0.1, 0.15) is 0 Å². The van der Waals surface area contributed by atoms with Crippen molar-refractivity contribution in [2.24, 2.45) is 17.6 Å². The van der Waals surface area contributed by atoms with Gasteiger partial charge in [0.2, 0.25) is 5.91 Å². The zero-order valence-electron chi connectivity index (χ0n) is 11.4. The first-order valence-electron chi connectivity index (χ1n) is 7.24. The van der Waals surface area contributed by atoms with Crippen LogP contribution in [0, 0.1) is 11.8 Å². The van der Waals surface area contributed by atoms with Crippen LogP contribution in [0.4, 0.5) is 0 Å². The highest BCUT2D eigenvalue weighted by Gasteiger charge is 2.36. The van der Waals surface area contributed by atoms with Crippen LogP contribution in [-0.4, -0.2) is 29.9 Å². The number of carbonyl (C=O) groups excluding carboxylic acids is 1. The molecule has 1 aliphatic heterocycles. The summed E-state index contributed by atoms with van der Waals surface area (Å²) in [6, 6.07) is 0.525. The van der Waals surface area contributed by atoms with Crippen molar-refractivity contribution in [3.05, 3.63) is 0 Å². The minimum absolute atomic E-state index is 0. The monoisotopic (exact) mass is 274 g/mol. The summed E-state index contributed by atoms with van der Waals surface area (Å²) in [5.41, 5.74) is 5.62. The number of rotatable bonds is 3. The Morgan fingerprint density at radius 1 is 1.22 bits per heavy atom. The largest absolute Gasteiger partial charge is 0.339 e. The molecule has 0 aromatic rings. The van der Waals surface area contributed by atoms with Crippen molar-refractivity contribution in [2.75, 3.05) is 13.1 Å². The molecule has 1 saturated heterocycles. The van der Waals surface area contributed by atoms with Gasteiger partial charge in [0.25, 0.3) is 0 Å². The Bertz CT molecular complexity index is 267. The van der Waals surface area contributed by atoms with Crippen molar-refractivity contribution in [3.63, 3.8) is 0 Å². The summed E-state index contributed by atoms with van der Waals surface area (Å²) in [4.78, 5) is 14.4. The Kier molecular flexibility index (Phi) is 6.44. The fourth-order valence-electron chi connectivity index (χ4n) is 3.46. The first kappa shape index (κ1) is 15.8. The van der Waals surface area contributed by atoms with Crippen LogP contribution in [0.3, 0.4) is 0 Å². The van der Waals surface area contributed by atoms with Crippen LogP contribution in [0.25, 0.3) is 0 Å². The Morgan fingerprint density at radius 3 is 2.50 bits per heavy atom. The normalized spacial score (nSPS) is 26.8. The van der Waals surface area contributed by atoms with Crippen LogP contribution < -0.4 is 5.73 Å². The van der Waals surface area contributed by atoms with Gasteiger partial charge in [-0.05, 0) is 31.6 Å². The lowest BCUT2D eigenvalue weighted by molar-refractivity contribution is -0.136. The predicted octanol–water partition coefficient (Wildman–Crippen LogP) is 2.57. The number of hydrogen-bond donors (Lipinski definition) is 1. The van der Waals surface area contributed by atoms with E-state index in [9.17, 15) is 4.79 Å². The number of halogens is 1. The Balaban J connectivity index is 0.00000162. The summed E-state index contributed by atoms with van der Waals surface area (Å²) in [6.07, 6.45) is 9.15. The van der Waals surface area contributed by atoms with E-state index >= 15 is 0 Å². The zero-order chi connectivity index (χ0) is 12.3. The zero-order valence-corrected chi connectivity index (χ0v) is 12.3. The van der Waals surface area contributed by atoms with Crippen LogP contribution >= 0.6 is 12.4 Å². The molecule has 4 heteroatoms. The number of likely N-dealkylation sites (tertiary alicyclic amines) is 1. The van der Waals surface area contributed by atoms with E-state index in [1.807, 2.05) is 6.92 Å². The maximum atomic E-state index is 12.3. The van der Waals surface area contributed by atoms with Crippen LogP contribution in [0.2, 0.25) is 0 Å². The Morgan fingerprint density at radius 2 is 1.89 bits per heavy atom. The smallest absolute Gasteiger partial charge is 0.226 e. The molecular formula is C14H27ClN2O. The molecule has 0 aromatic carbocycles. The molecule has 0 bridgehead atoms. The summed E-state index contributed by atoms with van der Waals surface area (Å²) >= 11 is 0. The fourth-order valence-corrected chi connectivity index (χ4v) is 3.46. The van der Waals surface area contributed by atoms with Crippen molar-refractivity contribution in [1.29, 1.82) is 0 Å². The summed E-state index contributed by atoms with van der Waals surface area (Å²) in [7, 11) is 0. The molecule has 2 N–H and O–H groups in total.